The SMILES string of the molecule is O=[P+](O)Oc1ccc(F)cc1.[H-].[H-].[Na+].[Na+]. The van der Waals surface area contributed by atoms with Crippen LogP contribution in [-0.2, 0) is 4.57 Å². The Morgan fingerprint density at radius 2 is 1.77 bits per heavy atom. The average molecular weight is 223 g/mol. The molecule has 62 valence electrons. The van der Waals surface area contributed by atoms with Gasteiger partial charge in [0.1, 0.15) is 5.82 Å². The van der Waals surface area contributed by atoms with E-state index < -0.39 is 14.1 Å². The molecule has 0 amide bonds. The minimum Gasteiger partial charge on any atom is -1.00 e. The van der Waals surface area contributed by atoms with Gasteiger partial charge in [-0.3, -0.25) is 0 Å². The fourth-order valence-electron chi connectivity index (χ4n) is 0.586. The molecule has 0 aliphatic rings. The van der Waals surface area contributed by atoms with Gasteiger partial charge in [0.2, 0.25) is 0 Å². The van der Waals surface area contributed by atoms with E-state index in [0.29, 0.717) is 0 Å². The first-order chi connectivity index (χ1) is 5.18. The standard InChI is InChI=1S/C6H4FO3P.2Na.2H/c7-5-1-3-6(4-2-5)10-11(8)9;;;;/h1-4H;;;;/q;2*+1;2*-1/p+1. The van der Waals surface area contributed by atoms with E-state index in [0.717, 1.165) is 12.1 Å². The molecule has 0 fully saturated rings. The van der Waals surface area contributed by atoms with Gasteiger partial charge in [-0.05, 0) is 24.3 Å². The van der Waals surface area contributed by atoms with Crippen LogP contribution < -0.4 is 63.6 Å². The maximum atomic E-state index is 12.2. The van der Waals surface area contributed by atoms with Gasteiger partial charge in [-0.25, -0.2) is 8.91 Å². The second kappa shape index (κ2) is 8.33. The summed E-state index contributed by atoms with van der Waals surface area (Å²) >= 11 is 0. The third-order valence-corrected chi connectivity index (χ3v) is 1.36. The molecule has 7 heteroatoms. The van der Waals surface area contributed by atoms with Crippen LogP contribution in [0.15, 0.2) is 24.3 Å². The summed E-state index contributed by atoms with van der Waals surface area (Å²) in [4.78, 5) is 8.27. The molecule has 1 N–H and O–H groups in total. The third-order valence-electron chi connectivity index (χ3n) is 0.997. The summed E-state index contributed by atoms with van der Waals surface area (Å²) < 4.78 is 26.7. The minimum absolute atomic E-state index is 0. The van der Waals surface area contributed by atoms with Crippen molar-refractivity contribution in [3.63, 3.8) is 0 Å². The van der Waals surface area contributed by atoms with Gasteiger partial charge in [-0.15, -0.1) is 4.89 Å². The van der Waals surface area contributed by atoms with Crippen molar-refractivity contribution in [3.05, 3.63) is 30.1 Å². The molecule has 0 bridgehead atoms. The molecule has 0 radical (unpaired) electrons. The zero-order valence-corrected chi connectivity index (χ0v) is 12.3. The van der Waals surface area contributed by atoms with E-state index in [1.165, 1.54) is 12.1 Å². The van der Waals surface area contributed by atoms with E-state index in [9.17, 15) is 8.96 Å². The number of halogens is 1. The first-order valence-electron chi connectivity index (χ1n) is 2.78. The zero-order valence-electron chi connectivity index (χ0n) is 9.40. The molecule has 1 aromatic rings. The summed E-state index contributed by atoms with van der Waals surface area (Å²) in [6, 6.07) is 4.85. The largest absolute Gasteiger partial charge is 1.00 e. The van der Waals surface area contributed by atoms with Gasteiger partial charge in [-0.1, -0.05) is 0 Å². The van der Waals surface area contributed by atoms with Crippen molar-refractivity contribution in [1.29, 1.82) is 0 Å². The van der Waals surface area contributed by atoms with E-state index >= 15 is 0 Å². The van der Waals surface area contributed by atoms with Gasteiger partial charge in [0.25, 0.3) is 0 Å². The molecule has 0 saturated heterocycles. The van der Waals surface area contributed by atoms with Gasteiger partial charge in [0.15, 0.2) is 5.75 Å². The quantitative estimate of drug-likeness (QED) is 0.411. The molecule has 1 atom stereocenters. The van der Waals surface area contributed by atoms with Crippen molar-refractivity contribution >= 4 is 8.25 Å². The van der Waals surface area contributed by atoms with Crippen LogP contribution in [-0.4, -0.2) is 4.89 Å². The van der Waals surface area contributed by atoms with Crippen molar-refractivity contribution in [2.75, 3.05) is 0 Å². The monoisotopic (exact) mass is 223 g/mol. The van der Waals surface area contributed by atoms with Crippen LogP contribution >= 0.6 is 8.25 Å². The number of benzene rings is 1. The van der Waals surface area contributed by atoms with Crippen LogP contribution in [0.4, 0.5) is 4.39 Å². The summed E-state index contributed by atoms with van der Waals surface area (Å²) in [5.41, 5.74) is 0. The van der Waals surface area contributed by atoms with Crippen molar-refractivity contribution in [2.45, 2.75) is 0 Å². The summed E-state index contributed by atoms with van der Waals surface area (Å²) in [5, 5.41) is 0. The molecular formula is C6H7FNa2O3P+. The molecule has 1 rings (SSSR count). The van der Waals surface area contributed by atoms with Crippen LogP contribution in [0.25, 0.3) is 0 Å². The van der Waals surface area contributed by atoms with Crippen LogP contribution in [0.5, 0.6) is 5.75 Å². The first kappa shape index (κ1) is 16.4. The predicted octanol–water partition coefficient (Wildman–Crippen LogP) is -3.91. The zero-order chi connectivity index (χ0) is 8.27. The van der Waals surface area contributed by atoms with Gasteiger partial charge in [-0.2, -0.15) is 0 Å². The average Bonchev–Trinajstić information content (AvgIpc) is 1.93. The van der Waals surface area contributed by atoms with E-state index in [2.05, 4.69) is 4.52 Å². The predicted molar refractivity (Wildman–Crippen MR) is 39.1 cm³/mol. The molecule has 0 aromatic heterocycles. The topological polar surface area (TPSA) is 46.5 Å². The van der Waals surface area contributed by atoms with Crippen molar-refractivity contribution in [3.8, 4) is 5.75 Å². The second-order valence-corrected chi connectivity index (χ2v) is 2.44. The Hall–Kier alpha value is 1.01. The summed E-state index contributed by atoms with van der Waals surface area (Å²) in [6.45, 7) is 0. The van der Waals surface area contributed by atoms with E-state index in [1.54, 1.807) is 0 Å². The van der Waals surface area contributed by atoms with Crippen molar-refractivity contribution < 1.29 is 80.3 Å². The summed E-state index contributed by atoms with van der Waals surface area (Å²) in [6.07, 6.45) is 0. The van der Waals surface area contributed by atoms with Gasteiger partial charge < -0.3 is 2.85 Å². The van der Waals surface area contributed by atoms with E-state index in [4.69, 9.17) is 4.89 Å². The Morgan fingerprint density at radius 3 is 2.15 bits per heavy atom. The van der Waals surface area contributed by atoms with Crippen LogP contribution in [0, 0.1) is 5.82 Å². The van der Waals surface area contributed by atoms with Crippen LogP contribution in [0.2, 0.25) is 0 Å². The van der Waals surface area contributed by atoms with Gasteiger partial charge in [0.05, 0.1) is 0 Å². The molecule has 0 aliphatic carbocycles. The van der Waals surface area contributed by atoms with E-state index in [-0.39, 0.29) is 67.7 Å². The number of hydrogen-bond acceptors (Lipinski definition) is 2. The molecule has 13 heavy (non-hydrogen) atoms. The van der Waals surface area contributed by atoms with Crippen molar-refractivity contribution in [1.82, 2.24) is 0 Å². The molecule has 0 spiro atoms. The van der Waals surface area contributed by atoms with Crippen molar-refractivity contribution in [2.24, 2.45) is 0 Å². The van der Waals surface area contributed by atoms with Crippen LogP contribution in [0.3, 0.4) is 0 Å². The fourth-order valence-corrected chi connectivity index (χ4v) is 0.888. The van der Waals surface area contributed by atoms with E-state index in [1.807, 2.05) is 0 Å². The van der Waals surface area contributed by atoms with Crippen LogP contribution in [0.1, 0.15) is 2.85 Å². The number of hydrogen-bond donors (Lipinski definition) is 1. The Labute approximate surface area is 123 Å². The molecule has 1 aromatic carbocycles. The Bertz CT molecular complexity index is 276. The maximum absolute atomic E-state index is 12.2. The molecule has 0 aliphatic heterocycles. The third kappa shape index (κ3) is 7.00. The molecule has 1 unspecified atom stereocenters. The minimum atomic E-state index is -2.66. The molecule has 0 heterocycles. The first-order valence-corrected chi connectivity index (χ1v) is 3.91. The Kier molecular flexibility index (Phi) is 10.5. The smallest absolute Gasteiger partial charge is 1.00 e. The van der Waals surface area contributed by atoms with Gasteiger partial charge >= 0.3 is 67.4 Å². The Balaban J connectivity index is -0.000000151. The Morgan fingerprint density at radius 1 is 1.31 bits per heavy atom. The second-order valence-electron chi connectivity index (χ2n) is 1.78. The fraction of sp³-hybridized carbons (Fsp3) is 0. The molecular weight excluding hydrogens is 216 g/mol. The summed E-state index contributed by atoms with van der Waals surface area (Å²) in [5.74, 6) is -0.236. The maximum Gasteiger partial charge on any atom is 1.00 e. The molecule has 3 nitrogen and oxygen atoms in total. The van der Waals surface area contributed by atoms with Gasteiger partial charge in [0, 0.05) is 4.57 Å². The normalized spacial score (nSPS) is 9.23. The number of rotatable bonds is 2. The molecule has 0 saturated carbocycles. The summed E-state index contributed by atoms with van der Waals surface area (Å²) in [7, 11) is -2.66.